The van der Waals surface area contributed by atoms with Crippen molar-refractivity contribution >= 4 is 5.83 Å². The van der Waals surface area contributed by atoms with E-state index in [2.05, 4.69) is 11.7 Å². The maximum atomic E-state index is 15.3. The number of unbranched alkanes of at least 4 members (excludes halogenated alkanes) is 2. The number of aryl methyl sites for hydroxylation is 1. The predicted octanol–water partition coefficient (Wildman–Crippen LogP) is 12.3. The van der Waals surface area contributed by atoms with E-state index in [1.807, 2.05) is 24.3 Å². The molecule has 0 radical (unpaired) electrons. The van der Waals surface area contributed by atoms with Crippen LogP contribution in [0.1, 0.15) is 42.9 Å². The molecule has 9 heteroatoms. The molecule has 0 saturated carbocycles. The van der Waals surface area contributed by atoms with Gasteiger partial charge in [0.1, 0.15) is 40.9 Å². The fraction of sp³-hybridized carbons (Fsp3) is 0.158. The lowest BCUT2D eigenvalue weighted by atomic mass is 9.96. The first-order valence-corrected chi connectivity index (χ1v) is 14.8. The average Bonchev–Trinajstić information content (AvgIpc) is 3.04. The number of hydrogen-bond donors (Lipinski definition) is 0. The van der Waals surface area contributed by atoms with Gasteiger partial charge in [0.05, 0.1) is 0 Å². The van der Waals surface area contributed by atoms with Crippen LogP contribution in [-0.2, 0) is 12.5 Å². The topological polar surface area (TPSA) is 9.23 Å². The van der Waals surface area contributed by atoms with Gasteiger partial charge in [-0.2, -0.15) is 8.78 Å². The van der Waals surface area contributed by atoms with E-state index in [0.29, 0.717) is 17.7 Å². The van der Waals surface area contributed by atoms with E-state index >= 15 is 8.78 Å². The van der Waals surface area contributed by atoms with Crippen molar-refractivity contribution in [2.24, 2.45) is 0 Å². The van der Waals surface area contributed by atoms with E-state index in [-0.39, 0.29) is 34.1 Å². The van der Waals surface area contributed by atoms with Gasteiger partial charge < -0.3 is 4.74 Å². The van der Waals surface area contributed by atoms with E-state index in [1.54, 1.807) is 6.07 Å². The molecule has 0 aliphatic heterocycles. The zero-order valence-corrected chi connectivity index (χ0v) is 25.1. The van der Waals surface area contributed by atoms with E-state index in [1.165, 1.54) is 29.8 Å². The van der Waals surface area contributed by atoms with Crippen LogP contribution >= 0.6 is 0 Å². The number of ether oxygens (including phenoxy) is 1. The summed E-state index contributed by atoms with van der Waals surface area (Å²) in [4.78, 5) is 0. The second-order valence-electron chi connectivity index (χ2n) is 11.0. The Morgan fingerprint density at radius 3 is 1.74 bits per heavy atom. The fourth-order valence-corrected chi connectivity index (χ4v) is 5.24. The van der Waals surface area contributed by atoms with Crippen LogP contribution in [0.4, 0.5) is 35.1 Å². The van der Waals surface area contributed by atoms with Crippen molar-refractivity contribution in [2.75, 3.05) is 0 Å². The van der Waals surface area contributed by atoms with Crippen LogP contribution in [0.3, 0.4) is 0 Å². The molecule has 0 aromatic heterocycles. The Balaban J connectivity index is 1.35. The predicted molar refractivity (Wildman–Crippen MR) is 167 cm³/mol. The summed E-state index contributed by atoms with van der Waals surface area (Å²) in [6.07, 6.45) is -0.502. The van der Waals surface area contributed by atoms with Crippen LogP contribution < -0.4 is 4.74 Å². The summed E-state index contributed by atoms with van der Waals surface area (Å²) in [5, 5.41) is 0. The van der Waals surface area contributed by atoms with Crippen LogP contribution in [0, 0.1) is 23.3 Å². The normalized spacial score (nSPS) is 12.0. The van der Waals surface area contributed by atoms with E-state index in [0.717, 1.165) is 61.6 Å². The Morgan fingerprint density at radius 1 is 0.638 bits per heavy atom. The molecule has 0 unspecified atom stereocenters. The molecule has 0 N–H and O–H groups in total. The molecular formula is C38H28F8O. The van der Waals surface area contributed by atoms with Crippen molar-refractivity contribution in [3.63, 3.8) is 0 Å². The third-order valence-electron chi connectivity index (χ3n) is 7.72. The van der Waals surface area contributed by atoms with Crippen LogP contribution in [0.5, 0.6) is 5.75 Å². The largest absolute Gasteiger partial charge is 0.432 e. The second-order valence-corrected chi connectivity index (χ2v) is 11.0. The Morgan fingerprint density at radius 2 is 1.17 bits per heavy atom. The minimum Gasteiger partial charge on any atom is -0.429 e. The summed E-state index contributed by atoms with van der Waals surface area (Å²) in [7, 11) is 0. The van der Waals surface area contributed by atoms with E-state index < -0.39 is 46.5 Å². The van der Waals surface area contributed by atoms with Crippen LogP contribution in [0.2, 0.25) is 0 Å². The van der Waals surface area contributed by atoms with Gasteiger partial charge in [-0.3, -0.25) is 0 Å². The smallest absolute Gasteiger partial charge is 0.429 e. The summed E-state index contributed by atoms with van der Waals surface area (Å²) >= 11 is 0. The van der Waals surface area contributed by atoms with Crippen molar-refractivity contribution in [3.05, 3.63) is 143 Å². The van der Waals surface area contributed by atoms with Gasteiger partial charge >= 0.3 is 6.11 Å². The lowest BCUT2D eigenvalue weighted by Crippen LogP contribution is -2.25. The summed E-state index contributed by atoms with van der Waals surface area (Å²) in [6.45, 7) is 2.14. The first kappa shape index (κ1) is 33.4. The highest BCUT2D eigenvalue weighted by Crippen LogP contribution is 2.38. The molecule has 0 bridgehead atoms. The van der Waals surface area contributed by atoms with Crippen molar-refractivity contribution in [1.82, 2.24) is 0 Å². The lowest BCUT2D eigenvalue weighted by Gasteiger charge is -2.20. The highest BCUT2D eigenvalue weighted by atomic mass is 19.3. The van der Waals surface area contributed by atoms with Gasteiger partial charge in [-0.15, -0.1) is 0 Å². The Kier molecular flexibility index (Phi) is 10.1. The zero-order valence-electron chi connectivity index (χ0n) is 25.1. The van der Waals surface area contributed by atoms with Crippen LogP contribution in [0.15, 0.2) is 103 Å². The van der Waals surface area contributed by atoms with Crippen molar-refractivity contribution in [2.45, 2.75) is 38.7 Å². The van der Waals surface area contributed by atoms with Gasteiger partial charge in [0.25, 0.3) is 0 Å². The molecule has 0 aliphatic rings. The molecule has 0 amide bonds. The Bertz CT molecular complexity index is 1870. The molecule has 1 nitrogen and oxygen atoms in total. The summed E-state index contributed by atoms with van der Waals surface area (Å²) < 4.78 is 120. The highest BCUT2D eigenvalue weighted by molar-refractivity contribution is 5.74. The quantitative estimate of drug-likeness (QED) is 0.102. The molecule has 47 heavy (non-hydrogen) atoms. The third kappa shape index (κ3) is 7.56. The molecular weight excluding hydrogens is 624 g/mol. The lowest BCUT2D eigenvalue weighted by molar-refractivity contribution is -0.189. The average molecular weight is 653 g/mol. The number of rotatable bonds is 11. The molecule has 5 aromatic carbocycles. The van der Waals surface area contributed by atoms with Gasteiger partial charge in [-0.1, -0.05) is 68.3 Å². The number of alkyl halides is 2. The van der Waals surface area contributed by atoms with Gasteiger partial charge in [-0.25, -0.2) is 26.3 Å². The highest BCUT2D eigenvalue weighted by Gasteiger charge is 2.41. The summed E-state index contributed by atoms with van der Waals surface area (Å²) in [5.41, 5.74) is 0.215. The molecule has 5 rings (SSSR count). The maximum Gasteiger partial charge on any atom is 0.432 e. The SMILES string of the molecule is CCCCCc1ccc(-c2ccc(-c3ccc(-c4cc(F)c(C(F)(F)Oc5ccc(C(F)=CF)cc5)c(F)c4)c(F)c3)c(F)c2)cc1. The summed E-state index contributed by atoms with van der Waals surface area (Å²) in [6, 6.07) is 20.6. The van der Waals surface area contributed by atoms with Crippen LogP contribution in [0.25, 0.3) is 39.2 Å². The number of benzene rings is 5. The monoisotopic (exact) mass is 652 g/mol. The van der Waals surface area contributed by atoms with Gasteiger partial charge in [-0.05, 0) is 89.2 Å². The number of hydrogen-bond acceptors (Lipinski definition) is 1. The van der Waals surface area contributed by atoms with E-state index in [4.69, 9.17) is 0 Å². The minimum atomic E-state index is -4.52. The Hall–Kier alpha value is -4.92. The van der Waals surface area contributed by atoms with E-state index in [9.17, 15) is 26.3 Å². The first-order chi connectivity index (χ1) is 22.5. The van der Waals surface area contributed by atoms with Gasteiger partial charge in [0, 0.05) is 16.7 Å². The molecule has 0 heterocycles. The number of halogens is 8. The standard InChI is InChI=1S/C38H28F8O/c1-2-3-4-5-23-6-8-24(9-7-23)26-12-16-30(32(40)18-26)27-13-17-31(33(41)19-27)28-20-34(42)37(35(43)21-28)38(45,46)47-29-14-10-25(11-15-29)36(44)22-39/h6-22H,2-5H2,1H3. The third-order valence-corrected chi connectivity index (χ3v) is 7.72. The fourth-order valence-electron chi connectivity index (χ4n) is 5.24. The first-order valence-electron chi connectivity index (χ1n) is 14.8. The van der Waals surface area contributed by atoms with Gasteiger partial charge in [0.2, 0.25) is 0 Å². The molecule has 242 valence electrons. The molecule has 0 fully saturated rings. The molecule has 0 aliphatic carbocycles. The molecule has 0 saturated heterocycles. The second kappa shape index (κ2) is 14.2. The van der Waals surface area contributed by atoms with Crippen LogP contribution in [-0.4, -0.2) is 0 Å². The van der Waals surface area contributed by atoms with Crippen molar-refractivity contribution in [3.8, 4) is 39.1 Å². The molecule has 0 atom stereocenters. The Labute approximate surface area is 266 Å². The van der Waals surface area contributed by atoms with Crippen molar-refractivity contribution in [1.29, 1.82) is 0 Å². The molecule has 5 aromatic rings. The van der Waals surface area contributed by atoms with Gasteiger partial charge in [0.15, 0.2) is 5.83 Å². The zero-order chi connectivity index (χ0) is 33.7. The molecule has 0 spiro atoms. The summed E-state index contributed by atoms with van der Waals surface area (Å²) in [5.74, 6) is -6.84. The van der Waals surface area contributed by atoms with Crippen molar-refractivity contribution < 1.29 is 39.9 Å². The minimum absolute atomic E-state index is 0.0939. The maximum absolute atomic E-state index is 15.3.